The average molecular weight is 358 g/mol. The van der Waals surface area contributed by atoms with Crippen LogP contribution in [-0.4, -0.2) is 56.1 Å². The molecule has 0 aliphatic carbocycles. The molecule has 1 aliphatic rings. The summed E-state index contributed by atoms with van der Waals surface area (Å²) in [5.74, 6) is 0.658. The smallest absolute Gasteiger partial charge is 0.220 e. The van der Waals surface area contributed by atoms with E-state index in [1.807, 2.05) is 23.4 Å². The summed E-state index contributed by atoms with van der Waals surface area (Å²) in [4.78, 5) is 34.1. The van der Waals surface area contributed by atoms with Crippen molar-refractivity contribution in [1.82, 2.24) is 30.0 Å². The van der Waals surface area contributed by atoms with Crippen LogP contribution >= 0.6 is 0 Å². The lowest BCUT2D eigenvalue weighted by atomic mass is 10.0. The number of rotatable bonds is 6. The Morgan fingerprint density at radius 3 is 2.77 bits per heavy atom. The number of hydrogen-bond acceptors (Lipinski definition) is 5. The number of fused-ring (bicyclic) bond motifs is 1. The Balaban J connectivity index is 1.73. The molecule has 3 heterocycles. The Morgan fingerprint density at radius 1 is 1.31 bits per heavy atom. The Hall–Kier alpha value is -2.51. The van der Waals surface area contributed by atoms with Crippen LogP contribution in [0.15, 0.2) is 12.4 Å². The Kier molecular flexibility index (Phi) is 5.49. The van der Waals surface area contributed by atoms with Gasteiger partial charge in [-0.1, -0.05) is 13.8 Å². The number of carbonyl (C=O) groups is 2. The van der Waals surface area contributed by atoms with Gasteiger partial charge in [-0.05, 0) is 12.3 Å². The molecular weight excluding hydrogens is 332 g/mol. The summed E-state index contributed by atoms with van der Waals surface area (Å²) in [5, 5.41) is 7.65. The number of aromatic nitrogens is 4. The second kappa shape index (κ2) is 7.80. The lowest BCUT2D eigenvalue weighted by molar-refractivity contribution is -0.127. The fraction of sp³-hybridized carbons (Fsp3) is 0.611. The Morgan fingerprint density at radius 2 is 2.08 bits per heavy atom. The molecule has 26 heavy (non-hydrogen) atoms. The fourth-order valence-electron chi connectivity index (χ4n) is 3.37. The minimum atomic E-state index is 0.0515. The lowest BCUT2D eigenvalue weighted by Crippen LogP contribution is -2.28. The van der Waals surface area contributed by atoms with Gasteiger partial charge in [0.25, 0.3) is 0 Å². The van der Waals surface area contributed by atoms with Crippen molar-refractivity contribution in [1.29, 1.82) is 0 Å². The molecule has 0 spiro atoms. The molecule has 140 valence electrons. The van der Waals surface area contributed by atoms with Crippen molar-refractivity contribution in [3.63, 3.8) is 0 Å². The van der Waals surface area contributed by atoms with E-state index in [0.717, 1.165) is 29.8 Å². The molecular formula is C18H26N6O2. The third kappa shape index (κ3) is 4.00. The minimum absolute atomic E-state index is 0.0515. The third-order valence-electron chi connectivity index (χ3n) is 4.65. The van der Waals surface area contributed by atoms with Gasteiger partial charge in [-0.3, -0.25) is 9.59 Å². The van der Waals surface area contributed by atoms with Crippen molar-refractivity contribution in [2.45, 2.75) is 46.1 Å². The third-order valence-corrected chi connectivity index (χ3v) is 4.65. The van der Waals surface area contributed by atoms with E-state index in [-0.39, 0.29) is 17.7 Å². The highest BCUT2D eigenvalue weighted by molar-refractivity contribution is 5.76. The molecule has 1 fully saturated rings. The second-order valence-electron chi connectivity index (χ2n) is 7.24. The van der Waals surface area contributed by atoms with E-state index in [1.165, 1.54) is 0 Å². The molecule has 3 rings (SSSR count). The van der Waals surface area contributed by atoms with Crippen molar-refractivity contribution >= 4 is 23.0 Å². The Bertz CT molecular complexity index is 800. The van der Waals surface area contributed by atoms with E-state index < -0.39 is 0 Å². The van der Waals surface area contributed by atoms with E-state index in [2.05, 4.69) is 15.3 Å². The van der Waals surface area contributed by atoms with Crippen LogP contribution in [0.25, 0.3) is 11.2 Å². The van der Waals surface area contributed by atoms with E-state index in [1.54, 1.807) is 19.3 Å². The first-order chi connectivity index (χ1) is 12.5. The highest BCUT2D eigenvalue weighted by Crippen LogP contribution is 2.30. The number of nitrogens with one attached hydrogen (secondary N) is 1. The highest BCUT2D eigenvalue weighted by atomic mass is 16.2. The molecule has 1 saturated heterocycles. The monoisotopic (exact) mass is 358 g/mol. The van der Waals surface area contributed by atoms with Gasteiger partial charge in [0.05, 0.1) is 12.2 Å². The number of amides is 2. The van der Waals surface area contributed by atoms with Crippen LogP contribution < -0.4 is 5.32 Å². The Labute approximate surface area is 153 Å². The van der Waals surface area contributed by atoms with Crippen LogP contribution in [0, 0.1) is 5.92 Å². The molecule has 0 saturated carbocycles. The van der Waals surface area contributed by atoms with Crippen LogP contribution in [0.2, 0.25) is 0 Å². The maximum atomic E-state index is 11.8. The van der Waals surface area contributed by atoms with Crippen LogP contribution in [0.4, 0.5) is 0 Å². The maximum Gasteiger partial charge on any atom is 0.220 e. The van der Waals surface area contributed by atoms with E-state index >= 15 is 0 Å². The van der Waals surface area contributed by atoms with Gasteiger partial charge >= 0.3 is 0 Å². The zero-order chi connectivity index (χ0) is 18.7. The average Bonchev–Trinajstić information content (AvgIpc) is 3.19. The predicted molar refractivity (Wildman–Crippen MR) is 97.4 cm³/mol. The van der Waals surface area contributed by atoms with Gasteiger partial charge in [0, 0.05) is 51.3 Å². The summed E-state index contributed by atoms with van der Waals surface area (Å²) >= 11 is 0. The number of carbonyl (C=O) groups excluding carboxylic acids is 2. The quantitative estimate of drug-likeness (QED) is 0.841. The van der Waals surface area contributed by atoms with Gasteiger partial charge < -0.3 is 10.2 Å². The van der Waals surface area contributed by atoms with Gasteiger partial charge in [-0.2, -0.15) is 5.10 Å². The van der Waals surface area contributed by atoms with Crippen molar-refractivity contribution in [2.75, 3.05) is 19.6 Å². The molecule has 1 atom stereocenters. The maximum absolute atomic E-state index is 11.8. The summed E-state index contributed by atoms with van der Waals surface area (Å²) in [5.41, 5.74) is 2.41. The lowest BCUT2D eigenvalue weighted by Gasteiger charge is -2.12. The molecule has 0 bridgehead atoms. The zero-order valence-electron chi connectivity index (χ0n) is 15.6. The van der Waals surface area contributed by atoms with Gasteiger partial charge in [0.15, 0.2) is 5.65 Å². The first-order valence-corrected chi connectivity index (χ1v) is 9.15. The molecule has 0 unspecified atom stereocenters. The minimum Gasteiger partial charge on any atom is -0.354 e. The van der Waals surface area contributed by atoms with E-state index in [0.29, 0.717) is 32.0 Å². The molecule has 8 heteroatoms. The number of hydrogen-bond donors (Lipinski definition) is 1. The first-order valence-electron chi connectivity index (χ1n) is 9.15. The van der Waals surface area contributed by atoms with E-state index in [4.69, 9.17) is 5.10 Å². The van der Waals surface area contributed by atoms with Gasteiger partial charge in [0.1, 0.15) is 5.52 Å². The highest BCUT2D eigenvalue weighted by Gasteiger charge is 2.30. The summed E-state index contributed by atoms with van der Waals surface area (Å²) < 4.78 is 1.81. The van der Waals surface area contributed by atoms with Gasteiger partial charge in [-0.25, -0.2) is 14.6 Å². The van der Waals surface area contributed by atoms with Crippen molar-refractivity contribution in [3.8, 4) is 0 Å². The molecule has 2 amide bonds. The largest absolute Gasteiger partial charge is 0.354 e. The normalized spacial score (nSPS) is 17.2. The number of nitrogens with zero attached hydrogens (tertiary/aromatic N) is 5. The fourth-order valence-corrected chi connectivity index (χ4v) is 3.37. The molecule has 0 radical (unpaired) electrons. The van der Waals surface area contributed by atoms with Crippen LogP contribution in [-0.2, 0) is 16.1 Å². The molecule has 2 aromatic heterocycles. The van der Waals surface area contributed by atoms with Crippen molar-refractivity contribution in [2.24, 2.45) is 5.92 Å². The van der Waals surface area contributed by atoms with Crippen LogP contribution in [0.3, 0.4) is 0 Å². The molecule has 2 aromatic rings. The van der Waals surface area contributed by atoms with Crippen LogP contribution in [0.5, 0.6) is 0 Å². The molecule has 8 nitrogen and oxygen atoms in total. The van der Waals surface area contributed by atoms with Gasteiger partial charge in [-0.15, -0.1) is 0 Å². The van der Waals surface area contributed by atoms with Crippen molar-refractivity contribution in [3.05, 3.63) is 18.1 Å². The van der Waals surface area contributed by atoms with E-state index in [9.17, 15) is 9.59 Å². The summed E-state index contributed by atoms with van der Waals surface area (Å²) in [6.07, 6.45) is 4.72. The predicted octanol–water partition coefficient (Wildman–Crippen LogP) is 1.32. The van der Waals surface area contributed by atoms with Crippen molar-refractivity contribution < 1.29 is 9.59 Å². The molecule has 0 aromatic carbocycles. The first kappa shape index (κ1) is 18.3. The summed E-state index contributed by atoms with van der Waals surface area (Å²) in [6, 6.07) is 0. The second-order valence-corrected chi connectivity index (χ2v) is 7.24. The summed E-state index contributed by atoms with van der Waals surface area (Å²) in [7, 11) is 0. The number of likely N-dealkylation sites (tertiary alicyclic amines) is 1. The molecule has 1 aliphatic heterocycles. The zero-order valence-corrected chi connectivity index (χ0v) is 15.6. The molecule has 1 N–H and O–H groups in total. The topological polar surface area (TPSA) is 93.0 Å². The SMILES string of the molecule is CC(=O)N1CC[C@@H](c2nn(CCNC(=O)CC(C)C)c3nccnc23)C1. The van der Waals surface area contributed by atoms with Gasteiger partial charge in [0.2, 0.25) is 11.8 Å². The summed E-state index contributed by atoms with van der Waals surface area (Å²) in [6.45, 7) is 8.11. The van der Waals surface area contributed by atoms with Crippen LogP contribution in [0.1, 0.15) is 45.2 Å². The standard InChI is InChI=1S/C18H26N6O2/c1-12(2)10-15(26)19-7-9-24-18-17(20-5-6-21-18)16(22-24)14-4-8-23(11-14)13(3)25/h5-6,12,14H,4,7-11H2,1-3H3,(H,19,26)/t14-/m1/s1.